The van der Waals surface area contributed by atoms with Crippen LogP contribution in [0.15, 0.2) is 0 Å². The second kappa shape index (κ2) is 12.7. The predicted octanol–water partition coefficient (Wildman–Crippen LogP) is 0.415. The minimum Gasteiger partial charge on any atom is -0.465 e. The third kappa shape index (κ3) is 10.1. The average molecular weight is 364 g/mol. The maximum atomic E-state index is 11.2. The van der Waals surface area contributed by atoms with Gasteiger partial charge < -0.3 is 39.0 Å². The van der Waals surface area contributed by atoms with Crippen LogP contribution in [0.3, 0.4) is 0 Å². The molecule has 10 nitrogen and oxygen atoms in total. The van der Waals surface area contributed by atoms with Gasteiger partial charge in [0.2, 0.25) is 0 Å². The van der Waals surface area contributed by atoms with Crippen LogP contribution in [0.25, 0.3) is 0 Å². The number of nitrogens with zero attached hydrogens (tertiary/aromatic N) is 2. The zero-order chi connectivity index (χ0) is 18.5. The van der Waals surface area contributed by atoms with Crippen molar-refractivity contribution in [3.63, 3.8) is 0 Å². The molecule has 2 amide bonds. The molecule has 10 heteroatoms. The molecule has 1 rings (SSSR count). The Bertz CT molecular complexity index is 396. The van der Waals surface area contributed by atoms with Crippen molar-refractivity contribution in [2.45, 2.75) is 13.0 Å². The summed E-state index contributed by atoms with van der Waals surface area (Å²) in [5, 5.41) is 18.3. The Morgan fingerprint density at radius 2 is 1.20 bits per heavy atom. The number of hydrogen-bond acceptors (Lipinski definition) is 6. The number of hydrogen-bond donors (Lipinski definition) is 2. The molecule has 1 fully saturated rings. The van der Waals surface area contributed by atoms with Crippen molar-refractivity contribution >= 4 is 12.2 Å². The normalized spacial score (nSPS) is 23.5. The molecule has 0 bridgehead atoms. The Labute approximate surface area is 147 Å². The van der Waals surface area contributed by atoms with E-state index in [4.69, 9.17) is 24.1 Å². The second-order valence-electron chi connectivity index (χ2n) is 5.52. The SMILES string of the molecule is CC1CN(C(=O)O)CCOCCOCCN(C(=O)O)CCOCCO1. The Hall–Kier alpha value is -1.62. The van der Waals surface area contributed by atoms with Gasteiger partial charge in [0.05, 0.1) is 58.9 Å². The number of carbonyl (C=O) groups is 2. The Morgan fingerprint density at radius 3 is 1.68 bits per heavy atom. The van der Waals surface area contributed by atoms with Gasteiger partial charge >= 0.3 is 12.2 Å². The number of ether oxygens (including phenoxy) is 4. The largest absolute Gasteiger partial charge is 0.465 e. The number of rotatable bonds is 0. The van der Waals surface area contributed by atoms with Crippen molar-refractivity contribution in [3.8, 4) is 0 Å². The second-order valence-corrected chi connectivity index (χ2v) is 5.52. The van der Waals surface area contributed by atoms with Gasteiger partial charge in [-0.3, -0.25) is 0 Å². The van der Waals surface area contributed by atoms with E-state index in [-0.39, 0.29) is 52.1 Å². The first-order valence-electron chi connectivity index (χ1n) is 8.31. The van der Waals surface area contributed by atoms with Gasteiger partial charge in [0, 0.05) is 19.6 Å². The minimum atomic E-state index is -1.02. The Kier molecular flexibility index (Phi) is 10.9. The molecule has 1 aliphatic rings. The molecule has 0 aliphatic carbocycles. The Morgan fingerprint density at radius 1 is 0.760 bits per heavy atom. The highest BCUT2D eigenvalue weighted by molar-refractivity contribution is 5.65. The van der Waals surface area contributed by atoms with Gasteiger partial charge in [-0.1, -0.05) is 0 Å². The minimum absolute atomic E-state index is 0.238. The predicted molar refractivity (Wildman–Crippen MR) is 87.1 cm³/mol. The lowest BCUT2D eigenvalue weighted by molar-refractivity contribution is -0.0130. The van der Waals surface area contributed by atoms with Crippen molar-refractivity contribution in [2.24, 2.45) is 0 Å². The Balaban J connectivity index is 2.46. The molecule has 2 N–H and O–H groups in total. The van der Waals surface area contributed by atoms with Crippen LogP contribution in [0.2, 0.25) is 0 Å². The molecule has 0 radical (unpaired) electrons. The quantitative estimate of drug-likeness (QED) is 0.635. The van der Waals surface area contributed by atoms with E-state index in [1.807, 2.05) is 0 Å². The summed E-state index contributed by atoms with van der Waals surface area (Å²) in [5.74, 6) is 0. The highest BCUT2D eigenvalue weighted by atomic mass is 16.5. The van der Waals surface area contributed by atoms with Gasteiger partial charge in [-0.25, -0.2) is 9.59 Å². The van der Waals surface area contributed by atoms with Crippen LogP contribution in [0, 0.1) is 0 Å². The lowest BCUT2D eigenvalue weighted by Gasteiger charge is -2.24. The smallest absolute Gasteiger partial charge is 0.407 e. The van der Waals surface area contributed by atoms with Crippen LogP contribution in [-0.4, -0.2) is 111 Å². The van der Waals surface area contributed by atoms with Crippen LogP contribution < -0.4 is 0 Å². The van der Waals surface area contributed by atoms with E-state index < -0.39 is 12.2 Å². The molecular weight excluding hydrogens is 336 g/mol. The molecule has 1 atom stereocenters. The van der Waals surface area contributed by atoms with Gasteiger partial charge in [-0.2, -0.15) is 0 Å². The lowest BCUT2D eigenvalue weighted by Crippen LogP contribution is -2.39. The molecule has 1 aliphatic heterocycles. The van der Waals surface area contributed by atoms with Crippen molar-refractivity contribution in [1.82, 2.24) is 9.80 Å². The topological polar surface area (TPSA) is 118 Å². The monoisotopic (exact) mass is 364 g/mol. The third-order valence-corrected chi connectivity index (χ3v) is 3.54. The summed E-state index contributed by atoms with van der Waals surface area (Å²) in [6.45, 7) is 4.79. The fraction of sp³-hybridized carbons (Fsp3) is 0.867. The standard InChI is InChI=1S/C15H28N2O8/c1-13-12-17(15(20)21)4-7-23-9-8-22-5-2-16(14(18)19)3-6-24-10-11-25-13/h13H,2-12H2,1H3,(H,18,19)(H,20,21). The summed E-state index contributed by atoms with van der Waals surface area (Å²) in [7, 11) is 0. The summed E-state index contributed by atoms with van der Waals surface area (Å²) >= 11 is 0. The molecule has 25 heavy (non-hydrogen) atoms. The van der Waals surface area contributed by atoms with E-state index in [0.717, 1.165) is 0 Å². The van der Waals surface area contributed by atoms with E-state index in [1.165, 1.54) is 9.80 Å². The molecule has 1 unspecified atom stereocenters. The van der Waals surface area contributed by atoms with E-state index in [1.54, 1.807) is 6.92 Å². The summed E-state index contributed by atoms with van der Waals surface area (Å²) in [5.41, 5.74) is 0. The van der Waals surface area contributed by atoms with Crippen LogP contribution in [0.1, 0.15) is 6.92 Å². The molecule has 0 saturated carbocycles. The molecular formula is C15H28N2O8. The first-order valence-corrected chi connectivity index (χ1v) is 8.31. The van der Waals surface area contributed by atoms with Crippen molar-refractivity contribution in [1.29, 1.82) is 0 Å². The van der Waals surface area contributed by atoms with Crippen molar-refractivity contribution in [3.05, 3.63) is 0 Å². The molecule has 0 aromatic carbocycles. The summed E-state index contributed by atoms with van der Waals surface area (Å²) < 4.78 is 21.6. The summed E-state index contributed by atoms with van der Waals surface area (Å²) in [6, 6.07) is 0. The van der Waals surface area contributed by atoms with Gasteiger partial charge in [-0.15, -0.1) is 0 Å². The molecule has 146 valence electrons. The first-order chi connectivity index (χ1) is 12.0. The van der Waals surface area contributed by atoms with Gasteiger partial charge in [0.15, 0.2) is 0 Å². The van der Waals surface area contributed by atoms with Crippen LogP contribution in [0.5, 0.6) is 0 Å². The van der Waals surface area contributed by atoms with E-state index >= 15 is 0 Å². The fourth-order valence-corrected chi connectivity index (χ4v) is 2.19. The van der Waals surface area contributed by atoms with Gasteiger partial charge in [0.1, 0.15) is 0 Å². The van der Waals surface area contributed by atoms with Gasteiger partial charge in [0.25, 0.3) is 0 Å². The zero-order valence-corrected chi connectivity index (χ0v) is 14.6. The summed E-state index contributed by atoms with van der Waals surface area (Å²) in [4.78, 5) is 24.8. The van der Waals surface area contributed by atoms with Crippen molar-refractivity contribution < 1.29 is 38.7 Å². The number of carboxylic acid groups (broad SMARTS) is 2. The highest BCUT2D eigenvalue weighted by Crippen LogP contribution is 1.99. The molecule has 0 aromatic heterocycles. The first kappa shape index (κ1) is 21.4. The van der Waals surface area contributed by atoms with E-state index in [0.29, 0.717) is 26.4 Å². The maximum Gasteiger partial charge on any atom is 0.407 e. The highest BCUT2D eigenvalue weighted by Gasteiger charge is 2.16. The summed E-state index contributed by atoms with van der Waals surface area (Å²) in [6.07, 6.45) is -2.32. The van der Waals surface area contributed by atoms with Crippen LogP contribution >= 0.6 is 0 Å². The maximum absolute atomic E-state index is 11.2. The van der Waals surface area contributed by atoms with E-state index in [2.05, 4.69) is 0 Å². The molecule has 1 heterocycles. The van der Waals surface area contributed by atoms with E-state index in [9.17, 15) is 14.7 Å². The molecule has 0 aromatic rings. The molecule has 0 spiro atoms. The molecule has 1 saturated heterocycles. The number of amides is 2. The zero-order valence-electron chi connectivity index (χ0n) is 14.6. The van der Waals surface area contributed by atoms with Crippen molar-refractivity contribution in [2.75, 3.05) is 72.4 Å². The lowest BCUT2D eigenvalue weighted by atomic mass is 10.3. The van der Waals surface area contributed by atoms with Crippen LogP contribution in [0.4, 0.5) is 9.59 Å². The fourth-order valence-electron chi connectivity index (χ4n) is 2.19. The third-order valence-electron chi connectivity index (χ3n) is 3.54. The van der Waals surface area contributed by atoms with Crippen LogP contribution in [-0.2, 0) is 18.9 Å². The van der Waals surface area contributed by atoms with Gasteiger partial charge in [-0.05, 0) is 6.92 Å². The average Bonchev–Trinajstić information content (AvgIpc) is 2.55.